The molecule has 0 saturated heterocycles. The second-order valence-corrected chi connectivity index (χ2v) is 3.30. The van der Waals surface area contributed by atoms with Gasteiger partial charge in [0.15, 0.2) is 11.5 Å². The first kappa shape index (κ1) is 8.91. The molecule has 1 rings (SSSR count). The molecule has 12 heavy (non-hydrogen) atoms. The van der Waals surface area contributed by atoms with E-state index >= 15 is 0 Å². The molecule has 0 spiro atoms. The van der Waals surface area contributed by atoms with Crippen LogP contribution in [0.5, 0.6) is 11.5 Å². The summed E-state index contributed by atoms with van der Waals surface area (Å²) in [6.07, 6.45) is 0. The maximum atomic E-state index is 9.39. The fourth-order valence-electron chi connectivity index (χ4n) is 1.33. The highest BCUT2D eigenvalue weighted by atomic mass is 16.3. The average Bonchev–Trinajstić information content (AvgIpc) is 2.00. The lowest BCUT2D eigenvalue weighted by molar-refractivity contribution is 0.400. The number of hydrogen-bond acceptors (Lipinski definition) is 2. The Morgan fingerprint density at radius 2 is 1.75 bits per heavy atom. The molecule has 0 saturated carbocycles. The van der Waals surface area contributed by atoms with Gasteiger partial charge in [-0.2, -0.15) is 0 Å². The van der Waals surface area contributed by atoms with Crippen molar-refractivity contribution < 1.29 is 10.2 Å². The number of hydrogen-bond donors (Lipinski definition) is 2. The predicted molar refractivity (Wildman–Crippen MR) is 48.6 cm³/mol. The minimum atomic E-state index is -0.0445. The van der Waals surface area contributed by atoms with Gasteiger partial charge in [-0.15, -0.1) is 0 Å². The van der Waals surface area contributed by atoms with Crippen LogP contribution >= 0.6 is 0 Å². The zero-order valence-electron chi connectivity index (χ0n) is 7.63. The number of phenolic OH excluding ortho intramolecular Hbond substituents is 2. The predicted octanol–water partition coefficient (Wildman–Crippen LogP) is 2.53. The SMILES string of the molecule is Cc1c(C(C)C)ccc(O)c1O. The van der Waals surface area contributed by atoms with E-state index in [1.165, 1.54) is 6.07 Å². The summed E-state index contributed by atoms with van der Waals surface area (Å²) >= 11 is 0. The van der Waals surface area contributed by atoms with Gasteiger partial charge in [0, 0.05) is 0 Å². The third kappa shape index (κ3) is 1.37. The van der Waals surface area contributed by atoms with Crippen LogP contribution in [-0.2, 0) is 0 Å². The average molecular weight is 166 g/mol. The first-order valence-corrected chi connectivity index (χ1v) is 4.05. The number of phenols is 2. The molecule has 1 aromatic rings. The molecule has 0 aliphatic rings. The Hall–Kier alpha value is -1.18. The van der Waals surface area contributed by atoms with Crippen LogP contribution in [-0.4, -0.2) is 10.2 Å². The highest BCUT2D eigenvalue weighted by Gasteiger charge is 2.09. The molecule has 66 valence electrons. The van der Waals surface area contributed by atoms with Gasteiger partial charge >= 0.3 is 0 Å². The summed E-state index contributed by atoms with van der Waals surface area (Å²) in [5, 5.41) is 18.5. The van der Waals surface area contributed by atoms with Crippen molar-refractivity contribution in [1.82, 2.24) is 0 Å². The van der Waals surface area contributed by atoms with E-state index in [0.717, 1.165) is 11.1 Å². The summed E-state index contributed by atoms with van der Waals surface area (Å²) < 4.78 is 0. The smallest absolute Gasteiger partial charge is 0.160 e. The fraction of sp³-hybridized carbons (Fsp3) is 0.400. The van der Waals surface area contributed by atoms with Gasteiger partial charge in [-0.3, -0.25) is 0 Å². The van der Waals surface area contributed by atoms with E-state index in [-0.39, 0.29) is 11.5 Å². The molecule has 0 unspecified atom stereocenters. The van der Waals surface area contributed by atoms with Crippen LogP contribution in [0, 0.1) is 6.92 Å². The third-order valence-electron chi connectivity index (χ3n) is 2.07. The van der Waals surface area contributed by atoms with E-state index < -0.39 is 0 Å². The zero-order chi connectivity index (χ0) is 9.30. The van der Waals surface area contributed by atoms with E-state index in [4.69, 9.17) is 5.11 Å². The third-order valence-corrected chi connectivity index (χ3v) is 2.07. The summed E-state index contributed by atoms with van der Waals surface area (Å²) in [6.45, 7) is 5.92. The minimum absolute atomic E-state index is 0.00111. The standard InChI is InChI=1S/C10H14O2/c1-6(2)8-4-5-9(11)10(12)7(8)3/h4-6,11-12H,1-3H3. The fourth-order valence-corrected chi connectivity index (χ4v) is 1.33. The van der Waals surface area contributed by atoms with Gasteiger partial charge in [0.2, 0.25) is 0 Å². The Morgan fingerprint density at radius 1 is 1.17 bits per heavy atom. The number of aromatic hydroxyl groups is 2. The normalized spacial score (nSPS) is 10.7. The van der Waals surface area contributed by atoms with Crippen LogP contribution in [0.25, 0.3) is 0 Å². The molecular weight excluding hydrogens is 152 g/mol. The summed E-state index contributed by atoms with van der Waals surface area (Å²) in [5.41, 5.74) is 1.84. The van der Waals surface area contributed by atoms with Gasteiger partial charge in [-0.05, 0) is 30.0 Å². The highest BCUT2D eigenvalue weighted by Crippen LogP contribution is 2.33. The van der Waals surface area contributed by atoms with Crippen LogP contribution < -0.4 is 0 Å². The molecule has 2 N–H and O–H groups in total. The molecule has 0 atom stereocenters. The van der Waals surface area contributed by atoms with Gasteiger partial charge in [-0.1, -0.05) is 19.9 Å². The summed E-state index contributed by atoms with van der Waals surface area (Å²) in [5.74, 6) is 0.328. The Balaban J connectivity index is 3.27. The van der Waals surface area contributed by atoms with E-state index in [9.17, 15) is 5.11 Å². The number of rotatable bonds is 1. The molecule has 0 radical (unpaired) electrons. The van der Waals surface area contributed by atoms with Gasteiger partial charge in [-0.25, -0.2) is 0 Å². The maximum Gasteiger partial charge on any atom is 0.160 e. The summed E-state index contributed by atoms with van der Waals surface area (Å²) in [7, 11) is 0. The largest absolute Gasteiger partial charge is 0.504 e. The molecule has 0 amide bonds. The van der Waals surface area contributed by atoms with Crippen molar-refractivity contribution in [3.05, 3.63) is 23.3 Å². The lowest BCUT2D eigenvalue weighted by Gasteiger charge is -2.11. The molecular formula is C10H14O2. The molecule has 0 heterocycles. The molecule has 1 aromatic carbocycles. The molecule has 0 aliphatic carbocycles. The quantitative estimate of drug-likeness (QED) is 0.629. The van der Waals surface area contributed by atoms with Crippen LogP contribution in [0.2, 0.25) is 0 Å². The van der Waals surface area contributed by atoms with E-state index in [2.05, 4.69) is 13.8 Å². The van der Waals surface area contributed by atoms with Crippen LogP contribution in [0.4, 0.5) is 0 Å². The molecule has 2 nitrogen and oxygen atoms in total. The Labute approximate surface area is 72.5 Å². The Morgan fingerprint density at radius 3 is 2.25 bits per heavy atom. The van der Waals surface area contributed by atoms with Crippen molar-refractivity contribution in [2.24, 2.45) is 0 Å². The van der Waals surface area contributed by atoms with Gasteiger partial charge < -0.3 is 10.2 Å². The minimum Gasteiger partial charge on any atom is -0.504 e. The topological polar surface area (TPSA) is 40.5 Å². The van der Waals surface area contributed by atoms with E-state index in [1.807, 2.05) is 13.0 Å². The first-order valence-electron chi connectivity index (χ1n) is 4.05. The lowest BCUT2D eigenvalue weighted by Crippen LogP contribution is -1.91. The second-order valence-electron chi connectivity index (χ2n) is 3.30. The van der Waals surface area contributed by atoms with Crippen LogP contribution in [0.1, 0.15) is 30.9 Å². The van der Waals surface area contributed by atoms with Crippen LogP contribution in [0.15, 0.2) is 12.1 Å². The Bertz CT molecular complexity index is 290. The number of benzene rings is 1. The second kappa shape index (κ2) is 3.05. The van der Waals surface area contributed by atoms with E-state index in [0.29, 0.717) is 5.92 Å². The monoisotopic (exact) mass is 166 g/mol. The zero-order valence-corrected chi connectivity index (χ0v) is 7.63. The van der Waals surface area contributed by atoms with Gasteiger partial charge in [0.25, 0.3) is 0 Å². The summed E-state index contributed by atoms with van der Waals surface area (Å²) in [4.78, 5) is 0. The molecule has 0 aliphatic heterocycles. The highest BCUT2D eigenvalue weighted by molar-refractivity contribution is 5.48. The van der Waals surface area contributed by atoms with Crippen molar-refractivity contribution in [1.29, 1.82) is 0 Å². The molecule has 2 heteroatoms. The van der Waals surface area contributed by atoms with Gasteiger partial charge in [0.05, 0.1) is 0 Å². The van der Waals surface area contributed by atoms with Crippen molar-refractivity contribution in [3.8, 4) is 11.5 Å². The van der Waals surface area contributed by atoms with Crippen molar-refractivity contribution in [2.45, 2.75) is 26.7 Å². The van der Waals surface area contributed by atoms with E-state index in [1.54, 1.807) is 0 Å². The Kier molecular flexibility index (Phi) is 2.27. The van der Waals surface area contributed by atoms with Crippen LogP contribution in [0.3, 0.4) is 0 Å². The lowest BCUT2D eigenvalue weighted by atomic mass is 9.97. The van der Waals surface area contributed by atoms with Crippen molar-refractivity contribution in [3.63, 3.8) is 0 Å². The summed E-state index contributed by atoms with van der Waals surface area (Å²) in [6, 6.07) is 3.37. The molecule has 0 bridgehead atoms. The molecule has 0 aromatic heterocycles. The first-order chi connectivity index (χ1) is 5.54. The molecule has 0 fully saturated rings. The van der Waals surface area contributed by atoms with Crippen molar-refractivity contribution in [2.75, 3.05) is 0 Å². The van der Waals surface area contributed by atoms with Gasteiger partial charge in [0.1, 0.15) is 0 Å². The maximum absolute atomic E-state index is 9.39. The van der Waals surface area contributed by atoms with Crippen molar-refractivity contribution >= 4 is 0 Å².